The molecule has 0 bridgehead atoms. The third kappa shape index (κ3) is 3.72. The summed E-state index contributed by atoms with van der Waals surface area (Å²) in [6.07, 6.45) is -0.341. The molecule has 0 radical (unpaired) electrons. The molecule has 1 N–H and O–H groups in total. The lowest BCUT2D eigenvalue weighted by molar-refractivity contribution is -0.0961. The highest BCUT2D eigenvalue weighted by molar-refractivity contribution is 5.44. The van der Waals surface area contributed by atoms with E-state index in [0.717, 1.165) is 23.4 Å². The molecule has 0 spiro atoms. The molecule has 28 heavy (non-hydrogen) atoms. The Hall–Kier alpha value is -2.53. The fraction of sp³-hybridized carbons (Fsp3) is 0.476. The molecule has 7 nitrogen and oxygen atoms in total. The molecule has 2 aromatic rings. The Balaban J connectivity index is 1.96. The largest absolute Gasteiger partial charge is 0.493 e. The number of morpholine rings is 1. The van der Waals surface area contributed by atoms with Crippen molar-refractivity contribution in [1.82, 2.24) is 9.47 Å². The smallest absolute Gasteiger partial charge is 0.161 e. The van der Waals surface area contributed by atoms with E-state index in [1.165, 1.54) is 0 Å². The van der Waals surface area contributed by atoms with Crippen LogP contribution in [0.3, 0.4) is 0 Å². The normalized spacial score (nSPS) is 20.0. The zero-order chi connectivity index (χ0) is 20.3. The summed E-state index contributed by atoms with van der Waals surface area (Å²) in [5.41, 5.74) is 3.80. The topological polar surface area (TPSA) is 79.9 Å². The number of nitriles is 1. The van der Waals surface area contributed by atoms with Gasteiger partial charge in [0.2, 0.25) is 0 Å². The molecule has 1 aliphatic rings. The van der Waals surface area contributed by atoms with E-state index in [2.05, 4.69) is 11.0 Å². The predicted molar refractivity (Wildman–Crippen MR) is 104 cm³/mol. The van der Waals surface area contributed by atoms with Crippen LogP contribution in [-0.2, 0) is 18.3 Å². The van der Waals surface area contributed by atoms with Crippen LogP contribution in [0.15, 0.2) is 24.3 Å². The summed E-state index contributed by atoms with van der Waals surface area (Å²) in [4.78, 5) is 2.29. The van der Waals surface area contributed by atoms with Crippen LogP contribution in [0.4, 0.5) is 0 Å². The van der Waals surface area contributed by atoms with Gasteiger partial charge in [-0.15, -0.1) is 0 Å². The van der Waals surface area contributed by atoms with Crippen LogP contribution >= 0.6 is 0 Å². The number of rotatable bonds is 6. The van der Waals surface area contributed by atoms with Gasteiger partial charge in [-0.1, -0.05) is 6.07 Å². The summed E-state index contributed by atoms with van der Waals surface area (Å²) in [6.45, 7) is 3.89. The number of ether oxygens (including phenoxy) is 3. The first-order chi connectivity index (χ1) is 13.5. The van der Waals surface area contributed by atoms with Gasteiger partial charge in [0.1, 0.15) is 17.9 Å². The SMILES string of the molecule is COc1ccc([C@@H]2[C@@H](CO)OCCN2Cc2cc(C#N)n(C)c2C)cc1OC. The number of methoxy groups -OCH3 is 2. The maximum absolute atomic E-state index is 9.92. The molecule has 0 aliphatic carbocycles. The number of aliphatic hydroxyl groups excluding tert-OH is 1. The van der Waals surface area contributed by atoms with Crippen LogP contribution in [0.1, 0.15) is 28.6 Å². The molecule has 7 heteroatoms. The van der Waals surface area contributed by atoms with Gasteiger partial charge in [-0.25, -0.2) is 0 Å². The molecule has 0 amide bonds. The van der Waals surface area contributed by atoms with Gasteiger partial charge in [-0.05, 0) is 36.2 Å². The Morgan fingerprint density at radius 1 is 1.25 bits per heavy atom. The van der Waals surface area contributed by atoms with E-state index in [-0.39, 0.29) is 18.8 Å². The first kappa shape index (κ1) is 20.2. The quantitative estimate of drug-likeness (QED) is 0.821. The average molecular weight is 385 g/mol. The second kappa shape index (κ2) is 8.65. The van der Waals surface area contributed by atoms with Gasteiger partial charge in [-0.2, -0.15) is 5.26 Å². The lowest BCUT2D eigenvalue weighted by Crippen LogP contribution is -2.46. The van der Waals surface area contributed by atoms with Crippen molar-refractivity contribution >= 4 is 0 Å². The summed E-state index contributed by atoms with van der Waals surface area (Å²) in [6, 6.07) is 9.82. The highest BCUT2D eigenvalue weighted by atomic mass is 16.5. The van der Waals surface area contributed by atoms with E-state index in [1.54, 1.807) is 14.2 Å². The summed E-state index contributed by atoms with van der Waals surface area (Å²) >= 11 is 0. The monoisotopic (exact) mass is 385 g/mol. The van der Waals surface area contributed by atoms with Gasteiger partial charge in [0.05, 0.1) is 33.5 Å². The van der Waals surface area contributed by atoms with E-state index < -0.39 is 0 Å². The highest BCUT2D eigenvalue weighted by Crippen LogP contribution is 2.36. The molecule has 1 aliphatic heterocycles. The lowest BCUT2D eigenvalue weighted by atomic mass is 9.97. The average Bonchev–Trinajstić information content (AvgIpc) is 3.00. The molecule has 1 saturated heterocycles. The van der Waals surface area contributed by atoms with Crippen molar-refractivity contribution in [3.63, 3.8) is 0 Å². The summed E-state index contributed by atoms with van der Waals surface area (Å²) in [5, 5.41) is 19.2. The number of benzene rings is 1. The Kier molecular flexibility index (Phi) is 6.25. The fourth-order valence-corrected chi connectivity index (χ4v) is 3.83. The van der Waals surface area contributed by atoms with Crippen LogP contribution in [-0.4, -0.2) is 54.7 Å². The fourth-order valence-electron chi connectivity index (χ4n) is 3.83. The molecule has 2 atom stereocenters. The zero-order valence-electron chi connectivity index (χ0n) is 16.8. The highest BCUT2D eigenvalue weighted by Gasteiger charge is 2.34. The number of nitrogens with zero attached hydrogens (tertiary/aromatic N) is 3. The third-order valence-electron chi connectivity index (χ3n) is 5.51. The predicted octanol–water partition coefficient (Wildman–Crippen LogP) is 2.16. The molecule has 1 aromatic carbocycles. The van der Waals surface area contributed by atoms with Crippen molar-refractivity contribution in [3.05, 3.63) is 46.8 Å². The van der Waals surface area contributed by atoms with Gasteiger partial charge in [0, 0.05) is 25.8 Å². The molecule has 2 heterocycles. The minimum atomic E-state index is -0.341. The number of aromatic nitrogens is 1. The van der Waals surface area contributed by atoms with Crippen LogP contribution in [0.5, 0.6) is 11.5 Å². The van der Waals surface area contributed by atoms with E-state index in [1.807, 2.05) is 42.8 Å². The van der Waals surface area contributed by atoms with Gasteiger partial charge in [0.15, 0.2) is 11.5 Å². The Morgan fingerprint density at radius 2 is 2.00 bits per heavy atom. The molecule has 1 fully saturated rings. The molecule has 0 unspecified atom stereocenters. The number of hydrogen-bond acceptors (Lipinski definition) is 6. The van der Waals surface area contributed by atoms with Crippen molar-refractivity contribution in [2.75, 3.05) is 34.0 Å². The minimum absolute atomic E-state index is 0.0767. The van der Waals surface area contributed by atoms with Crippen molar-refractivity contribution < 1.29 is 19.3 Å². The van der Waals surface area contributed by atoms with Crippen molar-refractivity contribution in [2.24, 2.45) is 7.05 Å². The summed E-state index contributed by atoms with van der Waals surface area (Å²) in [7, 11) is 5.12. The Labute approximate surface area is 165 Å². The summed E-state index contributed by atoms with van der Waals surface area (Å²) < 4.78 is 18.6. The molecule has 0 saturated carbocycles. The van der Waals surface area contributed by atoms with Crippen LogP contribution < -0.4 is 9.47 Å². The molecule has 150 valence electrons. The van der Waals surface area contributed by atoms with Crippen LogP contribution in [0.25, 0.3) is 0 Å². The van der Waals surface area contributed by atoms with Crippen molar-refractivity contribution in [2.45, 2.75) is 25.6 Å². The summed E-state index contributed by atoms with van der Waals surface area (Å²) in [5.74, 6) is 1.30. The van der Waals surface area contributed by atoms with E-state index in [0.29, 0.717) is 30.3 Å². The van der Waals surface area contributed by atoms with Gasteiger partial charge in [0.25, 0.3) is 0 Å². The standard InChI is InChI=1S/C21H27N3O4/c1-14-16(9-17(11-22)23(14)2)12-24-7-8-28-20(13-25)21(24)15-5-6-18(26-3)19(10-15)27-4/h5-6,9-10,20-21,25H,7-8,12-13H2,1-4H3/t20-,21-/m1/s1. The number of aliphatic hydroxyl groups is 1. The van der Waals surface area contributed by atoms with E-state index in [9.17, 15) is 10.4 Å². The Bertz CT molecular complexity index is 871. The molecule has 1 aromatic heterocycles. The second-order valence-electron chi connectivity index (χ2n) is 6.93. The third-order valence-corrected chi connectivity index (χ3v) is 5.51. The molecular formula is C21H27N3O4. The van der Waals surface area contributed by atoms with E-state index >= 15 is 0 Å². The maximum Gasteiger partial charge on any atom is 0.161 e. The zero-order valence-corrected chi connectivity index (χ0v) is 16.8. The van der Waals surface area contributed by atoms with Crippen LogP contribution in [0.2, 0.25) is 0 Å². The van der Waals surface area contributed by atoms with Crippen LogP contribution in [0, 0.1) is 18.3 Å². The van der Waals surface area contributed by atoms with Gasteiger partial charge < -0.3 is 23.9 Å². The molecular weight excluding hydrogens is 358 g/mol. The first-order valence-corrected chi connectivity index (χ1v) is 9.27. The second-order valence-corrected chi connectivity index (χ2v) is 6.93. The van der Waals surface area contributed by atoms with Crippen molar-refractivity contribution in [3.8, 4) is 17.6 Å². The maximum atomic E-state index is 9.92. The Morgan fingerprint density at radius 3 is 2.61 bits per heavy atom. The van der Waals surface area contributed by atoms with Crippen molar-refractivity contribution in [1.29, 1.82) is 5.26 Å². The number of hydrogen-bond donors (Lipinski definition) is 1. The van der Waals surface area contributed by atoms with E-state index in [4.69, 9.17) is 14.2 Å². The molecule has 3 rings (SSSR count). The van der Waals surface area contributed by atoms with Gasteiger partial charge in [-0.3, -0.25) is 4.90 Å². The lowest BCUT2D eigenvalue weighted by Gasteiger charge is -2.41. The van der Waals surface area contributed by atoms with Gasteiger partial charge >= 0.3 is 0 Å². The minimum Gasteiger partial charge on any atom is -0.493 e. The first-order valence-electron chi connectivity index (χ1n) is 9.27.